The van der Waals surface area contributed by atoms with Crippen molar-refractivity contribution in [1.82, 2.24) is 20.8 Å². The molecule has 0 bridgehead atoms. The Labute approximate surface area is 542 Å². The topological polar surface area (TPSA) is 641 Å². The van der Waals surface area contributed by atoms with Crippen LogP contribution in [-0.2, 0) is 125 Å². The molecule has 0 aromatic carbocycles. The third-order valence-electron chi connectivity index (χ3n) is 2.45. The van der Waals surface area contributed by atoms with Gasteiger partial charge in [0.1, 0.15) is 122 Å². The Morgan fingerprint density at radius 3 is 0.356 bits per heavy atom. The zero-order valence-electron chi connectivity index (χ0n) is 60.1. The van der Waals surface area contributed by atoms with Gasteiger partial charge in [-0.1, -0.05) is 83.1 Å². The molecule has 2 heterocycles. The van der Waals surface area contributed by atoms with E-state index >= 15 is 0 Å². The van der Waals surface area contributed by atoms with Gasteiger partial charge in [0.15, 0.2) is 0 Å². The SMILES string of the molecule is C=O.C=O.C=O.C=O.C=O.C=O.C=O.C=O.C=O.C=O.C=O.C=O.C=O.C=O.C=O.C=O.C=O.C=O.CC.CC.CC.CC.CC.CC.CC(=O)ON1C(=O)CCC1=O.CC(=O)ON1C(=O)CCC1=O.CN.CN.CN.CN.CN.CN.CN.CNC.CNC. The standard InChI is InChI=1S/2C6H7NO4.2C2H7N.6C2H6.7CH5N.18CH2O/c2*1-4(8)11-7-5(9)2-3-6(7)10;2*1-3-2;31*1-2/h2*2-3H2,1H3;2*3H,1-2H3;6*1-2H3;7*2H2,1H3;18*1H2. The van der Waals surface area contributed by atoms with Crippen molar-refractivity contribution in [1.29, 1.82) is 0 Å². The molecule has 90 heavy (non-hydrogen) atoms. The van der Waals surface area contributed by atoms with Crippen LogP contribution in [0.25, 0.3) is 0 Å². The number of imide groups is 2. The van der Waals surface area contributed by atoms with Crippen LogP contribution in [0, 0.1) is 0 Å². The molecule has 0 radical (unpaired) electrons. The number of hydrogen-bond donors (Lipinski definition) is 9. The molecule has 2 saturated heterocycles. The van der Waals surface area contributed by atoms with Gasteiger partial charge in [0, 0.05) is 39.5 Å². The molecule has 0 aliphatic carbocycles. The molecule has 0 atom stereocenters. The number of carbonyl (C=O) groups is 24. The quantitative estimate of drug-likeness (QED) is 0.146. The van der Waals surface area contributed by atoms with Gasteiger partial charge >= 0.3 is 11.9 Å². The molecular formula is C53H135N11O26. The summed E-state index contributed by atoms with van der Waals surface area (Å²) in [7, 11) is 18.0. The largest absolute Gasteiger partial charge is 0.333 e. The Morgan fingerprint density at radius 1 is 0.256 bits per heavy atom. The van der Waals surface area contributed by atoms with Crippen molar-refractivity contribution in [3.63, 3.8) is 0 Å². The summed E-state index contributed by atoms with van der Waals surface area (Å²) in [6.45, 7) is 62.3. The summed E-state index contributed by atoms with van der Waals surface area (Å²) in [5.74, 6) is -3.13. The highest BCUT2D eigenvalue weighted by Crippen LogP contribution is 2.12. The summed E-state index contributed by atoms with van der Waals surface area (Å²) >= 11 is 0. The number of nitrogens with two attached hydrogens (primary N) is 7. The van der Waals surface area contributed by atoms with Gasteiger partial charge in [-0.2, -0.15) is 0 Å². The lowest BCUT2D eigenvalue weighted by molar-refractivity contribution is -0.195. The molecule has 4 amide bonds. The highest BCUT2D eigenvalue weighted by molar-refractivity contribution is 6.02. The lowest BCUT2D eigenvalue weighted by atomic mass is 10.4. The van der Waals surface area contributed by atoms with Gasteiger partial charge in [-0.3, -0.25) is 19.2 Å². The molecule has 2 fully saturated rings. The molecule has 37 heteroatoms. The second-order valence-electron chi connectivity index (χ2n) is 5.33. The van der Waals surface area contributed by atoms with Gasteiger partial charge in [-0.05, 0) is 77.5 Å². The fourth-order valence-electron chi connectivity index (χ4n) is 1.57. The van der Waals surface area contributed by atoms with E-state index in [-0.39, 0.29) is 25.7 Å². The summed E-state index contributed by atoms with van der Waals surface area (Å²) in [4.78, 5) is 216. The molecular weight excluding hydrogens is 1210 g/mol. The lowest BCUT2D eigenvalue weighted by Gasteiger charge is -2.09. The van der Waals surface area contributed by atoms with Crippen molar-refractivity contribution < 1.29 is 125 Å². The predicted molar refractivity (Wildman–Crippen MR) is 363 cm³/mol. The first-order valence-corrected chi connectivity index (χ1v) is 23.5. The van der Waals surface area contributed by atoms with Crippen LogP contribution >= 0.6 is 0 Å². The first-order chi connectivity index (χ1) is 44.0. The number of nitrogens with one attached hydrogen (secondary N) is 2. The monoisotopic (exact) mass is 1340 g/mol. The second-order valence-corrected chi connectivity index (χ2v) is 5.33. The summed E-state index contributed by atoms with van der Waals surface area (Å²) in [6.07, 6.45) is 0.524. The summed E-state index contributed by atoms with van der Waals surface area (Å²) in [5.41, 5.74) is 31.5. The van der Waals surface area contributed by atoms with Crippen LogP contribution in [0.15, 0.2) is 0 Å². The Balaban J connectivity index is -0.0000000124. The first-order valence-electron chi connectivity index (χ1n) is 23.5. The lowest BCUT2D eigenvalue weighted by Crippen LogP contribution is -2.30. The van der Waals surface area contributed by atoms with Gasteiger partial charge in [0.05, 0.1) is 0 Å². The predicted octanol–water partition coefficient (Wildman–Crippen LogP) is -1.25. The molecule has 0 unspecified atom stereocenters. The van der Waals surface area contributed by atoms with Crippen LogP contribution in [0.2, 0.25) is 0 Å². The van der Waals surface area contributed by atoms with Crippen LogP contribution in [0.4, 0.5) is 0 Å². The number of amides is 4. The Morgan fingerprint density at radius 2 is 0.311 bits per heavy atom. The maximum absolute atomic E-state index is 10.7. The highest BCUT2D eigenvalue weighted by Gasteiger charge is 2.32. The Kier molecular flexibility index (Phi) is 2370. The van der Waals surface area contributed by atoms with Crippen LogP contribution in [0.5, 0.6) is 0 Å². The average Bonchev–Trinajstić information content (AvgIpc) is 4.19. The number of carbonyl (C=O) groups excluding carboxylic acids is 24. The smallest absolute Gasteiger partial charge is 0.330 e. The molecule has 16 N–H and O–H groups in total. The number of hydrogen-bond acceptors (Lipinski definition) is 35. The molecule has 0 aromatic heterocycles. The van der Waals surface area contributed by atoms with E-state index in [9.17, 15) is 28.8 Å². The molecule has 2 rings (SSSR count). The molecule has 558 valence electrons. The minimum atomic E-state index is -0.659. The van der Waals surface area contributed by atoms with Crippen LogP contribution < -0.4 is 50.8 Å². The number of nitrogens with zero attached hydrogens (tertiary/aromatic N) is 2. The molecule has 2 aliphatic heterocycles. The van der Waals surface area contributed by atoms with Crippen molar-refractivity contribution in [2.24, 2.45) is 40.1 Å². The first kappa shape index (κ1) is 225. The van der Waals surface area contributed by atoms with Crippen molar-refractivity contribution in [3.05, 3.63) is 0 Å². The van der Waals surface area contributed by atoms with Crippen LogP contribution in [0.3, 0.4) is 0 Å². The van der Waals surface area contributed by atoms with Crippen molar-refractivity contribution in [3.8, 4) is 0 Å². The fourth-order valence-corrected chi connectivity index (χ4v) is 1.57. The van der Waals surface area contributed by atoms with Crippen molar-refractivity contribution >= 4 is 158 Å². The van der Waals surface area contributed by atoms with Crippen LogP contribution in [0.1, 0.15) is 123 Å². The van der Waals surface area contributed by atoms with E-state index in [1.807, 2.05) is 233 Å². The molecule has 2 aliphatic rings. The fraction of sp³-hybridized carbons (Fsp3) is 0.547. The summed E-state index contributed by atoms with van der Waals surface area (Å²) in [6, 6.07) is 0. The van der Waals surface area contributed by atoms with E-state index in [0.717, 1.165) is 13.8 Å². The maximum Gasteiger partial charge on any atom is 0.330 e. The Bertz CT molecular complexity index is 767. The minimum absolute atomic E-state index is 0.131. The number of hydroxylamine groups is 4. The molecule has 0 saturated carbocycles. The maximum atomic E-state index is 10.7. The zero-order valence-corrected chi connectivity index (χ0v) is 60.1. The molecule has 37 nitrogen and oxygen atoms in total. The van der Waals surface area contributed by atoms with E-state index in [1.54, 1.807) is 0 Å². The normalized spacial score (nSPS) is 6.31. The van der Waals surface area contributed by atoms with Crippen molar-refractivity contribution in [2.75, 3.05) is 77.5 Å². The van der Waals surface area contributed by atoms with Crippen molar-refractivity contribution in [2.45, 2.75) is 123 Å². The van der Waals surface area contributed by atoms with E-state index < -0.39 is 35.6 Å². The van der Waals surface area contributed by atoms with Gasteiger partial charge < -0.3 is 147 Å². The zero-order chi connectivity index (χ0) is 84.3. The highest BCUT2D eigenvalue weighted by atomic mass is 16.7. The average molecular weight is 1340 g/mol. The third-order valence-corrected chi connectivity index (χ3v) is 2.45. The number of rotatable bonds is 2. The van der Waals surface area contributed by atoms with Gasteiger partial charge in [0.2, 0.25) is 0 Å². The van der Waals surface area contributed by atoms with Crippen LogP contribution in [-0.4, -0.2) is 245 Å². The minimum Gasteiger partial charge on any atom is -0.333 e. The molecule has 0 spiro atoms. The second kappa shape index (κ2) is 948. The van der Waals surface area contributed by atoms with Gasteiger partial charge in [-0.25, -0.2) is 9.59 Å². The Hall–Kier alpha value is -9.08. The third kappa shape index (κ3) is 772. The molecule has 0 aromatic rings. The van der Waals surface area contributed by atoms with E-state index in [2.05, 4.69) is 60.4 Å². The van der Waals surface area contributed by atoms with E-state index in [0.29, 0.717) is 10.1 Å². The van der Waals surface area contributed by atoms with Gasteiger partial charge in [-0.15, -0.1) is 10.1 Å². The van der Waals surface area contributed by atoms with E-state index in [1.165, 1.54) is 49.3 Å². The summed E-state index contributed by atoms with van der Waals surface area (Å²) in [5, 5.41) is 6.53. The van der Waals surface area contributed by atoms with Gasteiger partial charge in [0.25, 0.3) is 23.6 Å². The van der Waals surface area contributed by atoms with E-state index in [4.69, 9.17) is 86.3 Å². The summed E-state index contributed by atoms with van der Waals surface area (Å²) < 4.78 is 0.